The highest BCUT2D eigenvalue weighted by Crippen LogP contribution is 2.18. The Morgan fingerprint density at radius 1 is 1.32 bits per heavy atom. The summed E-state index contributed by atoms with van der Waals surface area (Å²) in [7, 11) is 0. The van der Waals surface area contributed by atoms with Gasteiger partial charge in [-0.1, -0.05) is 28.1 Å². The van der Waals surface area contributed by atoms with E-state index in [0.717, 1.165) is 26.3 Å². The van der Waals surface area contributed by atoms with Crippen molar-refractivity contribution in [3.8, 4) is 0 Å². The van der Waals surface area contributed by atoms with Gasteiger partial charge in [-0.3, -0.25) is 4.98 Å². The third kappa shape index (κ3) is 2.61. The first kappa shape index (κ1) is 12.2. The summed E-state index contributed by atoms with van der Waals surface area (Å²) in [6.45, 7) is 0.254. The third-order valence-electron chi connectivity index (χ3n) is 2.87. The largest absolute Gasteiger partial charge is 0.354 e. The van der Waals surface area contributed by atoms with Crippen LogP contribution in [0.15, 0.2) is 41.1 Å². The summed E-state index contributed by atoms with van der Waals surface area (Å²) in [6.07, 6.45) is 6.70. The summed E-state index contributed by atoms with van der Waals surface area (Å²) >= 11 is 3.43. The van der Waals surface area contributed by atoms with Gasteiger partial charge in [0.05, 0.1) is 18.4 Å². The second-order valence-electron chi connectivity index (χ2n) is 4.24. The van der Waals surface area contributed by atoms with Crippen LogP contribution in [0, 0.1) is 0 Å². The van der Waals surface area contributed by atoms with E-state index >= 15 is 0 Å². The van der Waals surface area contributed by atoms with Crippen molar-refractivity contribution in [2.45, 2.75) is 0 Å². The van der Waals surface area contributed by atoms with E-state index in [2.05, 4.69) is 26.2 Å². The van der Waals surface area contributed by atoms with E-state index < -0.39 is 0 Å². The maximum atomic E-state index is 13.2. The van der Waals surface area contributed by atoms with Gasteiger partial charge in [0.25, 0.3) is 0 Å². The summed E-state index contributed by atoms with van der Waals surface area (Å²) in [6, 6.07) is 7.87. The fraction of sp³-hybridized carbons (Fsp3) is 0.0714. The topological polar surface area (TPSA) is 28.2 Å². The van der Waals surface area contributed by atoms with Crippen molar-refractivity contribution in [1.29, 1.82) is 0 Å². The van der Waals surface area contributed by atoms with Crippen LogP contribution in [0.25, 0.3) is 12.3 Å². The summed E-state index contributed by atoms with van der Waals surface area (Å²) in [5.41, 5.74) is 1.83. The molecule has 0 fully saturated rings. The first-order chi connectivity index (χ1) is 9.22. The van der Waals surface area contributed by atoms with Gasteiger partial charge in [0.1, 0.15) is 0 Å². The molecule has 0 atom stereocenters. The van der Waals surface area contributed by atoms with E-state index in [-0.39, 0.29) is 6.54 Å². The fourth-order valence-electron chi connectivity index (χ4n) is 2.02. The second kappa shape index (κ2) is 5.01. The molecule has 19 heavy (non-hydrogen) atoms. The zero-order chi connectivity index (χ0) is 13.2. The van der Waals surface area contributed by atoms with E-state index in [1.165, 1.54) is 6.20 Å². The maximum Gasteiger partial charge on any atom is 0.0689 e. The summed E-state index contributed by atoms with van der Waals surface area (Å²) in [4.78, 5) is 4.13. The lowest BCUT2D eigenvalue weighted by Gasteiger charge is -2.13. The van der Waals surface area contributed by atoms with Crippen LogP contribution < -0.4 is 15.8 Å². The fourth-order valence-corrected chi connectivity index (χ4v) is 2.42. The van der Waals surface area contributed by atoms with Gasteiger partial charge >= 0.3 is 0 Å². The Bertz CT molecular complexity index is 730. The van der Waals surface area contributed by atoms with Gasteiger partial charge in [-0.25, -0.2) is 5.12 Å². The minimum absolute atomic E-state index is 0.254. The molecule has 3 rings (SSSR count). The molecule has 0 radical (unpaired) electrons. The van der Waals surface area contributed by atoms with Crippen molar-refractivity contribution in [3.63, 3.8) is 0 Å². The van der Waals surface area contributed by atoms with Crippen LogP contribution in [0.1, 0.15) is 0 Å². The summed E-state index contributed by atoms with van der Waals surface area (Å²) < 4.78 is 14.2. The molecule has 0 unspecified atom stereocenters. The van der Waals surface area contributed by atoms with Gasteiger partial charge < -0.3 is 5.32 Å². The Hall–Kier alpha value is -1.88. The quantitative estimate of drug-likeness (QED) is 0.861. The Labute approximate surface area is 118 Å². The molecule has 1 aliphatic heterocycles. The molecular formula is C14H11BrFN3. The van der Waals surface area contributed by atoms with Crippen molar-refractivity contribution < 1.29 is 4.48 Å². The van der Waals surface area contributed by atoms with Crippen LogP contribution in [-0.2, 0) is 0 Å². The van der Waals surface area contributed by atoms with Crippen LogP contribution in [0.3, 0.4) is 0 Å². The number of benzene rings is 1. The lowest BCUT2D eigenvalue weighted by molar-refractivity contribution is 0.135. The van der Waals surface area contributed by atoms with Gasteiger partial charge in [0, 0.05) is 33.0 Å². The van der Waals surface area contributed by atoms with Gasteiger partial charge in [-0.05, 0) is 18.2 Å². The monoisotopic (exact) mass is 319 g/mol. The van der Waals surface area contributed by atoms with Crippen LogP contribution in [0.5, 0.6) is 0 Å². The maximum absolute atomic E-state index is 13.2. The zero-order valence-electron chi connectivity index (χ0n) is 9.98. The van der Waals surface area contributed by atoms with E-state index in [4.69, 9.17) is 0 Å². The average molecular weight is 320 g/mol. The summed E-state index contributed by atoms with van der Waals surface area (Å²) in [5, 5.41) is 5.70. The number of nitrogens with zero attached hydrogens (tertiary/aromatic N) is 2. The van der Waals surface area contributed by atoms with Crippen LogP contribution in [-0.4, -0.2) is 16.7 Å². The van der Waals surface area contributed by atoms with E-state index in [1.54, 1.807) is 12.4 Å². The average Bonchev–Trinajstić information content (AvgIpc) is 2.38. The van der Waals surface area contributed by atoms with Gasteiger partial charge in [-0.15, -0.1) is 4.48 Å². The van der Waals surface area contributed by atoms with E-state index in [0.29, 0.717) is 5.12 Å². The van der Waals surface area contributed by atoms with E-state index in [9.17, 15) is 4.48 Å². The molecule has 0 aliphatic carbocycles. The molecule has 1 N–H and O–H groups in total. The van der Waals surface area contributed by atoms with Crippen LogP contribution in [0.4, 0.5) is 15.9 Å². The SMILES string of the molecule is FN1C=c2cncc(Nc3cccc(Br)c3)c2=CC1. The second-order valence-corrected chi connectivity index (χ2v) is 5.16. The highest BCUT2D eigenvalue weighted by atomic mass is 79.9. The molecule has 1 aliphatic rings. The molecule has 0 bridgehead atoms. The van der Waals surface area contributed by atoms with Gasteiger partial charge in [0.15, 0.2) is 0 Å². The lowest BCUT2D eigenvalue weighted by Crippen LogP contribution is -2.34. The molecule has 0 saturated carbocycles. The Kier molecular flexibility index (Phi) is 3.21. The zero-order valence-corrected chi connectivity index (χ0v) is 11.6. The van der Waals surface area contributed by atoms with Crippen molar-refractivity contribution in [1.82, 2.24) is 10.1 Å². The molecule has 0 amide bonds. The molecule has 2 heterocycles. The predicted octanol–water partition coefficient (Wildman–Crippen LogP) is 2.31. The van der Waals surface area contributed by atoms with Crippen molar-refractivity contribution in [2.24, 2.45) is 0 Å². The van der Waals surface area contributed by atoms with Crippen LogP contribution >= 0.6 is 15.9 Å². The number of fused-ring (bicyclic) bond motifs is 1. The molecule has 5 heteroatoms. The smallest absolute Gasteiger partial charge is 0.0689 e. The normalized spacial score (nSPS) is 13.3. The molecule has 96 valence electrons. The lowest BCUT2D eigenvalue weighted by atomic mass is 10.2. The number of hydrogen-bond donors (Lipinski definition) is 1. The predicted molar refractivity (Wildman–Crippen MR) is 77.7 cm³/mol. The molecule has 1 aromatic heterocycles. The molecule has 0 spiro atoms. The van der Waals surface area contributed by atoms with E-state index in [1.807, 2.05) is 30.3 Å². The van der Waals surface area contributed by atoms with Gasteiger partial charge in [0.2, 0.25) is 0 Å². The Morgan fingerprint density at radius 3 is 3.05 bits per heavy atom. The van der Waals surface area contributed by atoms with Crippen molar-refractivity contribution >= 4 is 39.6 Å². The number of hydrogen-bond acceptors (Lipinski definition) is 3. The summed E-state index contributed by atoms with van der Waals surface area (Å²) in [5.74, 6) is 0. The number of anilines is 2. The standard InChI is InChI=1S/C14H11BrFN3/c15-11-2-1-3-12(6-11)18-14-8-17-7-10-9-19(16)5-4-13(10)14/h1-4,6-9,18H,5H2. The van der Waals surface area contributed by atoms with Gasteiger partial charge in [-0.2, -0.15) is 0 Å². The van der Waals surface area contributed by atoms with Crippen LogP contribution in [0.2, 0.25) is 0 Å². The molecule has 1 aromatic carbocycles. The number of halogens is 2. The first-order valence-corrected chi connectivity index (χ1v) is 6.63. The highest BCUT2D eigenvalue weighted by molar-refractivity contribution is 9.10. The Morgan fingerprint density at radius 2 is 2.21 bits per heavy atom. The molecule has 0 saturated heterocycles. The minimum Gasteiger partial charge on any atom is -0.354 e. The first-order valence-electron chi connectivity index (χ1n) is 5.83. The third-order valence-corrected chi connectivity index (χ3v) is 3.36. The molecule has 2 aromatic rings. The highest BCUT2D eigenvalue weighted by Gasteiger charge is 2.05. The Balaban J connectivity index is 2.04. The number of nitrogens with one attached hydrogen (secondary N) is 1. The molecule has 3 nitrogen and oxygen atoms in total. The molecular weight excluding hydrogens is 309 g/mol. The number of rotatable bonds is 2. The minimum atomic E-state index is 0.254. The number of pyridine rings is 1. The van der Waals surface area contributed by atoms with Crippen molar-refractivity contribution in [3.05, 3.63) is 51.6 Å². The van der Waals surface area contributed by atoms with Crippen molar-refractivity contribution in [2.75, 3.05) is 11.9 Å². The number of aromatic nitrogens is 1.